The molecule has 0 spiro atoms. The summed E-state index contributed by atoms with van der Waals surface area (Å²) < 4.78 is 25.8. The molecule has 0 aromatic heterocycles. The first-order chi connectivity index (χ1) is 9.10. The molecule has 0 aliphatic carbocycles. The van der Waals surface area contributed by atoms with E-state index in [1.807, 2.05) is 6.07 Å². The zero-order valence-electron chi connectivity index (χ0n) is 9.75. The molecule has 96 valence electrons. The van der Waals surface area contributed by atoms with E-state index in [0.29, 0.717) is 22.8 Å². The molecule has 0 aliphatic rings. The molecule has 0 saturated carbocycles. The van der Waals surface area contributed by atoms with Crippen LogP contribution in [0, 0.1) is 23.0 Å². The fourth-order valence-corrected chi connectivity index (χ4v) is 1.85. The molecular formula is C14H9ClF2N2. The van der Waals surface area contributed by atoms with Crippen molar-refractivity contribution in [3.05, 3.63) is 64.2 Å². The lowest BCUT2D eigenvalue weighted by atomic mass is 10.1. The van der Waals surface area contributed by atoms with Crippen LogP contribution in [0.5, 0.6) is 0 Å². The summed E-state index contributed by atoms with van der Waals surface area (Å²) in [4.78, 5) is 0. The van der Waals surface area contributed by atoms with Crippen molar-refractivity contribution in [1.82, 2.24) is 0 Å². The highest BCUT2D eigenvalue weighted by molar-refractivity contribution is 6.31. The van der Waals surface area contributed by atoms with Crippen molar-refractivity contribution in [1.29, 1.82) is 5.26 Å². The molecule has 2 aromatic rings. The molecule has 19 heavy (non-hydrogen) atoms. The predicted octanol–water partition coefficient (Wildman–Crippen LogP) is 4.10. The standard InChI is InChI=1S/C14H9ClF2N2/c15-13-6-12(17)2-1-9(13)8-19-14-4-3-11(16)5-10(14)7-18/h1-6,19H,8H2. The number of nitrogens with one attached hydrogen (secondary N) is 1. The van der Waals surface area contributed by atoms with Crippen LogP contribution in [0.2, 0.25) is 5.02 Å². The second-order valence-electron chi connectivity index (χ2n) is 3.89. The van der Waals surface area contributed by atoms with E-state index in [9.17, 15) is 8.78 Å². The minimum atomic E-state index is -0.470. The summed E-state index contributed by atoms with van der Waals surface area (Å²) in [6.07, 6.45) is 0. The molecule has 0 heterocycles. The summed E-state index contributed by atoms with van der Waals surface area (Å²) in [7, 11) is 0. The molecule has 0 unspecified atom stereocenters. The minimum Gasteiger partial charge on any atom is -0.380 e. The van der Waals surface area contributed by atoms with Crippen molar-refractivity contribution >= 4 is 17.3 Å². The van der Waals surface area contributed by atoms with Gasteiger partial charge in [-0.1, -0.05) is 17.7 Å². The van der Waals surface area contributed by atoms with Crippen molar-refractivity contribution in [3.63, 3.8) is 0 Å². The van der Waals surface area contributed by atoms with Gasteiger partial charge >= 0.3 is 0 Å². The fourth-order valence-electron chi connectivity index (χ4n) is 1.62. The molecule has 0 amide bonds. The Labute approximate surface area is 114 Å². The largest absolute Gasteiger partial charge is 0.380 e. The molecular weight excluding hydrogens is 270 g/mol. The summed E-state index contributed by atoms with van der Waals surface area (Å²) in [5.74, 6) is -0.879. The zero-order chi connectivity index (χ0) is 13.8. The monoisotopic (exact) mass is 278 g/mol. The molecule has 2 aromatic carbocycles. The normalized spacial score (nSPS) is 10.0. The smallest absolute Gasteiger partial charge is 0.124 e. The number of anilines is 1. The Morgan fingerprint density at radius 2 is 1.79 bits per heavy atom. The molecule has 0 atom stereocenters. The number of hydrogen-bond donors (Lipinski definition) is 1. The van der Waals surface area contributed by atoms with Crippen molar-refractivity contribution in [2.45, 2.75) is 6.54 Å². The van der Waals surface area contributed by atoms with Gasteiger partial charge in [0.05, 0.1) is 11.3 Å². The Morgan fingerprint density at radius 3 is 2.47 bits per heavy atom. The van der Waals surface area contributed by atoms with Crippen LogP contribution in [0.1, 0.15) is 11.1 Å². The van der Waals surface area contributed by atoms with Crippen molar-refractivity contribution in [2.24, 2.45) is 0 Å². The average Bonchev–Trinajstić information content (AvgIpc) is 2.39. The average molecular weight is 279 g/mol. The Hall–Kier alpha value is -2.12. The maximum Gasteiger partial charge on any atom is 0.124 e. The maximum absolute atomic E-state index is 13.0. The minimum absolute atomic E-state index is 0.207. The van der Waals surface area contributed by atoms with Crippen LogP contribution in [0.3, 0.4) is 0 Å². The molecule has 0 radical (unpaired) electrons. The molecule has 0 saturated heterocycles. The Bertz CT molecular complexity index is 650. The number of nitriles is 1. The lowest BCUT2D eigenvalue weighted by Gasteiger charge is -2.09. The lowest BCUT2D eigenvalue weighted by molar-refractivity contribution is 0.626. The first-order valence-corrected chi connectivity index (χ1v) is 5.85. The molecule has 0 bridgehead atoms. The van der Waals surface area contributed by atoms with E-state index < -0.39 is 11.6 Å². The second-order valence-corrected chi connectivity index (χ2v) is 4.30. The van der Waals surface area contributed by atoms with Gasteiger partial charge in [0.15, 0.2) is 0 Å². The second kappa shape index (κ2) is 5.68. The topological polar surface area (TPSA) is 35.8 Å². The van der Waals surface area contributed by atoms with Crippen LogP contribution in [0.25, 0.3) is 0 Å². The number of nitrogens with zero attached hydrogens (tertiary/aromatic N) is 1. The Balaban J connectivity index is 2.17. The molecule has 1 N–H and O–H groups in total. The predicted molar refractivity (Wildman–Crippen MR) is 69.9 cm³/mol. The number of halogens is 3. The van der Waals surface area contributed by atoms with Crippen LogP contribution >= 0.6 is 11.6 Å². The van der Waals surface area contributed by atoms with Gasteiger partial charge in [-0.2, -0.15) is 5.26 Å². The van der Waals surface area contributed by atoms with Crippen LogP contribution in [-0.2, 0) is 6.54 Å². The Kier molecular flexibility index (Phi) is 3.98. The van der Waals surface area contributed by atoms with Crippen molar-refractivity contribution < 1.29 is 8.78 Å². The van der Waals surface area contributed by atoms with Gasteiger partial charge in [0.25, 0.3) is 0 Å². The van der Waals surface area contributed by atoms with E-state index in [2.05, 4.69) is 5.32 Å². The third-order valence-electron chi connectivity index (χ3n) is 2.59. The summed E-state index contributed by atoms with van der Waals surface area (Å²) >= 11 is 5.89. The third kappa shape index (κ3) is 3.21. The number of benzene rings is 2. The van der Waals surface area contributed by atoms with Gasteiger partial charge < -0.3 is 5.32 Å². The van der Waals surface area contributed by atoms with Crippen LogP contribution < -0.4 is 5.32 Å². The van der Waals surface area contributed by atoms with Gasteiger partial charge in [0, 0.05) is 11.6 Å². The fraction of sp³-hybridized carbons (Fsp3) is 0.0714. The molecule has 0 fully saturated rings. The highest BCUT2D eigenvalue weighted by Crippen LogP contribution is 2.21. The van der Waals surface area contributed by atoms with Gasteiger partial charge in [-0.25, -0.2) is 8.78 Å². The Morgan fingerprint density at radius 1 is 1.11 bits per heavy atom. The van der Waals surface area contributed by atoms with Crippen LogP contribution in [0.15, 0.2) is 36.4 Å². The van der Waals surface area contributed by atoms with E-state index in [-0.39, 0.29) is 5.56 Å². The first kappa shape index (κ1) is 13.3. The summed E-state index contributed by atoms with van der Waals surface area (Å²) in [5, 5.41) is 12.2. The van der Waals surface area contributed by atoms with E-state index in [0.717, 1.165) is 6.07 Å². The molecule has 0 aliphatic heterocycles. The van der Waals surface area contributed by atoms with Gasteiger partial charge in [0.2, 0.25) is 0 Å². The van der Waals surface area contributed by atoms with Crippen molar-refractivity contribution in [3.8, 4) is 6.07 Å². The SMILES string of the molecule is N#Cc1cc(F)ccc1NCc1ccc(F)cc1Cl. The third-order valence-corrected chi connectivity index (χ3v) is 2.94. The molecule has 2 rings (SSSR count). The summed E-state index contributed by atoms with van der Waals surface area (Å²) in [6.45, 7) is 0.319. The van der Waals surface area contributed by atoms with Crippen molar-refractivity contribution in [2.75, 3.05) is 5.32 Å². The van der Waals surface area contributed by atoms with Crippen LogP contribution in [-0.4, -0.2) is 0 Å². The number of hydrogen-bond acceptors (Lipinski definition) is 2. The van der Waals surface area contributed by atoms with E-state index >= 15 is 0 Å². The highest BCUT2D eigenvalue weighted by atomic mass is 35.5. The maximum atomic E-state index is 13.0. The highest BCUT2D eigenvalue weighted by Gasteiger charge is 2.05. The van der Waals surface area contributed by atoms with E-state index in [4.69, 9.17) is 16.9 Å². The zero-order valence-corrected chi connectivity index (χ0v) is 10.5. The lowest BCUT2D eigenvalue weighted by Crippen LogP contribution is -2.02. The summed E-state index contributed by atoms with van der Waals surface area (Å²) in [6, 6.07) is 9.86. The summed E-state index contributed by atoms with van der Waals surface area (Å²) in [5.41, 5.74) is 1.40. The molecule has 2 nitrogen and oxygen atoms in total. The van der Waals surface area contributed by atoms with Gasteiger partial charge in [0.1, 0.15) is 17.7 Å². The first-order valence-electron chi connectivity index (χ1n) is 5.47. The van der Waals surface area contributed by atoms with Gasteiger partial charge in [-0.3, -0.25) is 0 Å². The molecule has 5 heteroatoms. The van der Waals surface area contributed by atoms with Gasteiger partial charge in [-0.15, -0.1) is 0 Å². The van der Waals surface area contributed by atoms with Gasteiger partial charge in [-0.05, 0) is 35.9 Å². The van der Waals surface area contributed by atoms with Crippen LogP contribution in [0.4, 0.5) is 14.5 Å². The van der Waals surface area contributed by atoms with E-state index in [1.165, 1.54) is 24.3 Å². The number of rotatable bonds is 3. The quantitative estimate of drug-likeness (QED) is 0.917. The van der Waals surface area contributed by atoms with E-state index in [1.54, 1.807) is 6.07 Å².